The minimum absolute atomic E-state index is 0.290. The highest BCUT2D eigenvalue weighted by Crippen LogP contribution is 2.29. The summed E-state index contributed by atoms with van der Waals surface area (Å²) in [5.41, 5.74) is 8.22. The average Bonchev–Trinajstić information content (AvgIpc) is 2.45. The summed E-state index contributed by atoms with van der Waals surface area (Å²) < 4.78 is 21.0. The first-order valence-electron chi connectivity index (χ1n) is 7.24. The highest BCUT2D eigenvalue weighted by molar-refractivity contribution is 7.85. The summed E-state index contributed by atoms with van der Waals surface area (Å²) in [6, 6.07) is 8.02. The standard InChI is InChI=1S/C16H24N2O2S/c1-15(2,3)21(19)18-12-13-4-6-14(7-5-13)16(17)8-10-20-11-9-16/h4-7,12H,8-11,17H2,1-3H3/b18-12+. The number of benzene rings is 1. The molecule has 0 spiro atoms. The summed E-state index contributed by atoms with van der Waals surface area (Å²) in [6.45, 7) is 7.15. The van der Waals surface area contributed by atoms with Crippen LogP contribution in [-0.2, 0) is 21.3 Å². The van der Waals surface area contributed by atoms with Crippen molar-refractivity contribution in [2.75, 3.05) is 13.2 Å². The van der Waals surface area contributed by atoms with Crippen LogP contribution in [0, 0.1) is 0 Å². The SMILES string of the molecule is CC(C)(C)S(=O)/N=C/c1ccc(C2(N)CCOCC2)cc1. The second-order valence-electron chi connectivity index (χ2n) is 6.49. The highest BCUT2D eigenvalue weighted by Gasteiger charge is 2.29. The normalized spacial score (nSPS) is 20.6. The monoisotopic (exact) mass is 308 g/mol. The van der Waals surface area contributed by atoms with Gasteiger partial charge in [0.25, 0.3) is 0 Å². The van der Waals surface area contributed by atoms with Crippen LogP contribution in [0.15, 0.2) is 28.7 Å². The van der Waals surface area contributed by atoms with E-state index in [1.165, 1.54) is 0 Å². The molecule has 0 aromatic heterocycles. The van der Waals surface area contributed by atoms with Crippen LogP contribution < -0.4 is 5.73 Å². The lowest BCUT2D eigenvalue weighted by Crippen LogP contribution is -2.42. The van der Waals surface area contributed by atoms with Crippen LogP contribution in [0.5, 0.6) is 0 Å². The first kappa shape index (κ1) is 16.3. The van der Waals surface area contributed by atoms with Crippen molar-refractivity contribution in [3.8, 4) is 0 Å². The van der Waals surface area contributed by atoms with E-state index in [2.05, 4.69) is 4.40 Å². The molecule has 0 aliphatic carbocycles. The molecule has 1 aliphatic rings. The van der Waals surface area contributed by atoms with E-state index in [0.717, 1.165) is 24.0 Å². The van der Waals surface area contributed by atoms with E-state index in [9.17, 15) is 4.21 Å². The Bertz CT molecular complexity index is 526. The van der Waals surface area contributed by atoms with Crippen molar-refractivity contribution in [3.05, 3.63) is 35.4 Å². The number of hydrogen-bond acceptors (Lipinski definition) is 3. The fourth-order valence-corrected chi connectivity index (χ4v) is 2.73. The van der Waals surface area contributed by atoms with Crippen molar-refractivity contribution in [2.45, 2.75) is 43.9 Å². The largest absolute Gasteiger partial charge is 0.381 e. The van der Waals surface area contributed by atoms with E-state index in [-0.39, 0.29) is 10.3 Å². The Morgan fingerprint density at radius 1 is 1.24 bits per heavy atom. The Morgan fingerprint density at radius 2 is 1.81 bits per heavy atom. The lowest BCUT2D eigenvalue weighted by Gasteiger charge is -2.33. The number of nitrogens with zero attached hydrogens (tertiary/aromatic N) is 1. The topological polar surface area (TPSA) is 64.7 Å². The first-order chi connectivity index (χ1) is 9.81. The Balaban J connectivity index is 2.09. The molecule has 1 aliphatic heterocycles. The molecule has 1 unspecified atom stereocenters. The quantitative estimate of drug-likeness (QED) is 0.873. The van der Waals surface area contributed by atoms with Crippen LogP contribution in [0.25, 0.3) is 0 Å². The van der Waals surface area contributed by atoms with Gasteiger partial charge in [-0.15, -0.1) is 0 Å². The van der Waals surface area contributed by atoms with Gasteiger partial charge in [-0.3, -0.25) is 0 Å². The predicted octanol–water partition coefficient (Wildman–Crippen LogP) is 2.53. The Morgan fingerprint density at radius 3 is 2.33 bits per heavy atom. The zero-order valence-electron chi connectivity index (χ0n) is 13.0. The van der Waals surface area contributed by atoms with E-state index in [1.54, 1.807) is 6.21 Å². The molecule has 1 atom stereocenters. The van der Waals surface area contributed by atoms with Crippen molar-refractivity contribution in [3.63, 3.8) is 0 Å². The number of rotatable bonds is 3. The van der Waals surface area contributed by atoms with E-state index >= 15 is 0 Å². The van der Waals surface area contributed by atoms with Crippen LogP contribution in [0.1, 0.15) is 44.7 Å². The van der Waals surface area contributed by atoms with Crippen LogP contribution in [0.4, 0.5) is 0 Å². The van der Waals surface area contributed by atoms with Crippen LogP contribution in [0.3, 0.4) is 0 Å². The molecule has 1 fully saturated rings. The molecule has 2 rings (SSSR count). The molecule has 0 bridgehead atoms. The van der Waals surface area contributed by atoms with Gasteiger partial charge >= 0.3 is 0 Å². The minimum Gasteiger partial charge on any atom is -0.381 e. The van der Waals surface area contributed by atoms with Gasteiger partial charge in [0.1, 0.15) is 11.0 Å². The van der Waals surface area contributed by atoms with Gasteiger partial charge in [0.2, 0.25) is 0 Å². The van der Waals surface area contributed by atoms with Crippen LogP contribution >= 0.6 is 0 Å². The summed E-state index contributed by atoms with van der Waals surface area (Å²) in [6.07, 6.45) is 3.35. The third-order valence-electron chi connectivity index (χ3n) is 3.69. The van der Waals surface area contributed by atoms with Gasteiger partial charge in [-0.1, -0.05) is 24.3 Å². The molecular weight excluding hydrogens is 284 g/mol. The first-order valence-corrected chi connectivity index (χ1v) is 8.35. The minimum atomic E-state index is -1.23. The summed E-state index contributed by atoms with van der Waals surface area (Å²) in [7, 11) is -1.23. The van der Waals surface area contributed by atoms with Gasteiger partial charge in [-0.05, 0) is 44.7 Å². The molecule has 0 saturated carbocycles. The van der Waals surface area contributed by atoms with Crippen LogP contribution in [-0.4, -0.2) is 28.4 Å². The van der Waals surface area contributed by atoms with Crippen molar-refractivity contribution < 1.29 is 8.95 Å². The molecule has 1 aromatic carbocycles. The van der Waals surface area contributed by atoms with E-state index < -0.39 is 11.0 Å². The molecule has 0 radical (unpaired) electrons. The third-order valence-corrected chi connectivity index (χ3v) is 5.04. The molecule has 5 heteroatoms. The molecule has 4 nitrogen and oxygen atoms in total. The maximum Gasteiger partial charge on any atom is 0.144 e. The van der Waals surface area contributed by atoms with Gasteiger partial charge in [-0.25, -0.2) is 4.21 Å². The van der Waals surface area contributed by atoms with Crippen molar-refractivity contribution >= 4 is 17.2 Å². The van der Waals surface area contributed by atoms with Crippen molar-refractivity contribution in [2.24, 2.45) is 10.1 Å². The van der Waals surface area contributed by atoms with Crippen molar-refractivity contribution in [1.82, 2.24) is 0 Å². The zero-order chi connectivity index (χ0) is 15.5. The third kappa shape index (κ3) is 4.22. The fourth-order valence-electron chi connectivity index (χ4n) is 2.19. The summed E-state index contributed by atoms with van der Waals surface area (Å²) >= 11 is 0. The van der Waals surface area contributed by atoms with E-state index in [4.69, 9.17) is 10.5 Å². The molecule has 1 heterocycles. The maximum absolute atomic E-state index is 11.9. The fraction of sp³-hybridized carbons (Fsp3) is 0.562. The second kappa shape index (κ2) is 6.38. The number of hydrogen-bond donors (Lipinski definition) is 1. The summed E-state index contributed by atoms with van der Waals surface area (Å²) in [5.74, 6) is 0. The molecule has 1 saturated heterocycles. The molecule has 116 valence electrons. The molecule has 0 amide bonds. The summed E-state index contributed by atoms with van der Waals surface area (Å²) in [4.78, 5) is 0. The molecule has 1 aromatic rings. The lowest BCUT2D eigenvalue weighted by molar-refractivity contribution is 0.0522. The zero-order valence-corrected chi connectivity index (χ0v) is 13.8. The Kier molecular flexibility index (Phi) is 4.96. The maximum atomic E-state index is 11.9. The number of ether oxygens (including phenoxy) is 1. The molecule has 21 heavy (non-hydrogen) atoms. The predicted molar refractivity (Wildman–Crippen MR) is 87.8 cm³/mol. The molecular formula is C16H24N2O2S. The number of nitrogens with two attached hydrogens (primary N) is 1. The Hall–Kier alpha value is -1.04. The van der Waals surface area contributed by atoms with Gasteiger partial charge in [0.15, 0.2) is 0 Å². The van der Waals surface area contributed by atoms with E-state index in [1.807, 2.05) is 45.0 Å². The smallest absolute Gasteiger partial charge is 0.144 e. The average molecular weight is 308 g/mol. The van der Waals surface area contributed by atoms with Gasteiger partial charge in [0, 0.05) is 25.0 Å². The highest BCUT2D eigenvalue weighted by atomic mass is 32.2. The van der Waals surface area contributed by atoms with Gasteiger partial charge in [-0.2, -0.15) is 4.40 Å². The van der Waals surface area contributed by atoms with Gasteiger partial charge < -0.3 is 10.5 Å². The van der Waals surface area contributed by atoms with Gasteiger partial charge in [0.05, 0.1) is 4.75 Å². The van der Waals surface area contributed by atoms with Crippen LogP contribution in [0.2, 0.25) is 0 Å². The second-order valence-corrected chi connectivity index (χ2v) is 8.42. The van der Waals surface area contributed by atoms with E-state index in [0.29, 0.717) is 13.2 Å². The lowest BCUT2D eigenvalue weighted by atomic mass is 9.83. The summed E-state index contributed by atoms with van der Waals surface area (Å²) in [5, 5.41) is 0. The van der Waals surface area contributed by atoms with Crippen molar-refractivity contribution in [1.29, 1.82) is 0 Å². The molecule has 2 N–H and O–H groups in total. The Labute approximate surface area is 129 Å².